The topological polar surface area (TPSA) is 26.3 Å². The van der Waals surface area contributed by atoms with Crippen molar-refractivity contribution < 1.29 is 27.1 Å². The first kappa shape index (κ1) is 15.0. The van der Waals surface area contributed by atoms with Crippen LogP contribution in [-0.2, 0) is 0 Å². The lowest BCUT2D eigenvalue weighted by Crippen LogP contribution is -2.19. The number of ether oxygens (including phenoxy) is 1. The number of carbonyl (C=O) groups is 1. The van der Waals surface area contributed by atoms with E-state index in [1.165, 1.54) is 30.3 Å². The third-order valence-electron chi connectivity index (χ3n) is 2.80. The van der Waals surface area contributed by atoms with E-state index in [-0.39, 0.29) is 11.1 Å². The molecule has 2 nitrogen and oxygen atoms in total. The Morgan fingerprint density at radius 2 is 1.71 bits per heavy atom. The summed E-state index contributed by atoms with van der Waals surface area (Å²) in [6.07, 6.45) is -4.91. The van der Waals surface area contributed by atoms with E-state index >= 15 is 0 Å². The quantitative estimate of drug-likeness (QED) is 0.625. The molecule has 0 atom stereocenters. The van der Waals surface area contributed by atoms with E-state index in [1.807, 2.05) is 0 Å². The van der Waals surface area contributed by atoms with Crippen LogP contribution in [0.3, 0.4) is 0 Å². The summed E-state index contributed by atoms with van der Waals surface area (Å²) in [7, 11) is 0. The van der Waals surface area contributed by atoms with E-state index in [4.69, 9.17) is 0 Å². The highest BCUT2D eigenvalue weighted by Gasteiger charge is 2.33. The van der Waals surface area contributed by atoms with Gasteiger partial charge < -0.3 is 4.74 Å². The molecule has 0 N–H and O–H groups in total. The summed E-state index contributed by atoms with van der Waals surface area (Å²) in [4.78, 5) is 12.3. The van der Waals surface area contributed by atoms with Crippen LogP contribution < -0.4 is 4.74 Å². The number of hydrogen-bond acceptors (Lipinski definition) is 2. The first-order valence-electron chi connectivity index (χ1n) is 5.93. The van der Waals surface area contributed by atoms with Crippen molar-refractivity contribution in [1.29, 1.82) is 0 Å². The van der Waals surface area contributed by atoms with E-state index in [1.54, 1.807) is 6.92 Å². The van der Waals surface area contributed by atoms with E-state index < -0.39 is 23.7 Å². The first-order valence-corrected chi connectivity index (χ1v) is 5.93. The number of aryl methyl sites for hydroxylation is 1. The van der Waals surface area contributed by atoms with Crippen molar-refractivity contribution in [2.75, 3.05) is 0 Å². The predicted octanol–water partition coefficient (Wildman–Crippen LogP) is 4.26. The Balaban J connectivity index is 2.46. The minimum Gasteiger partial charge on any atom is -0.405 e. The maximum absolute atomic E-state index is 13.2. The number of ketones is 1. The molecule has 0 aliphatic heterocycles. The van der Waals surface area contributed by atoms with E-state index in [9.17, 15) is 22.4 Å². The molecule has 0 aliphatic rings. The fourth-order valence-corrected chi connectivity index (χ4v) is 1.85. The zero-order valence-electron chi connectivity index (χ0n) is 10.9. The molecule has 0 radical (unpaired) electrons. The molecule has 6 heteroatoms. The first-order chi connectivity index (χ1) is 9.78. The molecular formula is C15H10F4O2. The van der Waals surface area contributed by atoms with Gasteiger partial charge in [0.2, 0.25) is 0 Å². The average Bonchev–Trinajstić information content (AvgIpc) is 2.39. The molecule has 0 unspecified atom stereocenters. The molecule has 2 rings (SSSR count). The van der Waals surface area contributed by atoms with Crippen LogP contribution in [0.2, 0.25) is 0 Å². The third-order valence-corrected chi connectivity index (χ3v) is 2.80. The number of benzene rings is 2. The monoisotopic (exact) mass is 298 g/mol. The van der Waals surface area contributed by atoms with E-state index in [0.717, 1.165) is 12.1 Å². The summed E-state index contributed by atoms with van der Waals surface area (Å²) in [6, 6.07) is 8.51. The van der Waals surface area contributed by atoms with Crippen molar-refractivity contribution in [3.63, 3.8) is 0 Å². The second-order valence-corrected chi connectivity index (χ2v) is 4.33. The molecule has 0 saturated heterocycles. The lowest BCUT2D eigenvalue weighted by atomic mass is 9.98. The lowest BCUT2D eigenvalue weighted by molar-refractivity contribution is -0.274. The van der Waals surface area contributed by atoms with Crippen molar-refractivity contribution in [1.82, 2.24) is 0 Å². The van der Waals surface area contributed by atoms with Crippen molar-refractivity contribution in [2.24, 2.45) is 0 Å². The van der Waals surface area contributed by atoms with Crippen LogP contribution >= 0.6 is 0 Å². The van der Waals surface area contributed by atoms with Crippen LogP contribution in [0.25, 0.3) is 0 Å². The van der Waals surface area contributed by atoms with Crippen LogP contribution in [0, 0.1) is 12.7 Å². The van der Waals surface area contributed by atoms with Crippen molar-refractivity contribution in [2.45, 2.75) is 13.3 Å². The van der Waals surface area contributed by atoms with Gasteiger partial charge in [-0.15, -0.1) is 13.2 Å². The molecule has 0 spiro atoms. The Morgan fingerprint density at radius 1 is 1.05 bits per heavy atom. The second kappa shape index (κ2) is 5.55. The number of halogens is 4. The standard InChI is InChI=1S/C15H10F4O2/c1-9-6-7-10(16)8-12(9)14(20)11-4-2-3-5-13(11)21-15(17,18)19/h2-8H,1H3. The van der Waals surface area contributed by atoms with Crippen LogP contribution in [0.4, 0.5) is 17.6 Å². The highest BCUT2D eigenvalue weighted by molar-refractivity contribution is 6.11. The minimum atomic E-state index is -4.91. The van der Waals surface area contributed by atoms with Gasteiger partial charge in [0.1, 0.15) is 11.6 Å². The van der Waals surface area contributed by atoms with Gasteiger partial charge in [0.05, 0.1) is 5.56 Å². The number of rotatable bonds is 3. The van der Waals surface area contributed by atoms with Gasteiger partial charge in [-0.2, -0.15) is 0 Å². The van der Waals surface area contributed by atoms with Crippen molar-refractivity contribution in [3.05, 3.63) is 65.0 Å². The number of hydrogen-bond donors (Lipinski definition) is 0. The van der Waals surface area contributed by atoms with E-state index in [2.05, 4.69) is 4.74 Å². The predicted molar refractivity (Wildman–Crippen MR) is 67.7 cm³/mol. The SMILES string of the molecule is Cc1ccc(F)cc1C(=O)c1ccccc1OC(F)(F)F. The van der Waals surface area contributed by atoms with Gasteiger partial charge in [0, 0.05) is 5.56 Å². The van der Waals surface area contributed by atoms with Gasteiger partial charge in [-0.25, -0.2) is 4.39 Å². The largest absolute Gasteiger partial charge is 0.573 e. The van der Waals surface area contributed by atoms with Gasteiger partial charge in [0.15, 0.2) is 5.78 Å². The summed E-state index contributed by atoms with van der Waals surface area (Å²) in [5.74, 6) is -1.98. The van der Waals surface area contributed by atoms with Gasteiger partial charge in [-0.3, -0.25) is 4.79 Å². The molecule has 0 fully saturated rings. The zero-order chi connectivity index (χ0) is 15.6. The molecule has 110 valence electrons. The fourth-order valence-electron chi connectivity index (χ4n) is 1.85. The molecular weight excluding hydrogens is 288 g/mol. The van der Waals surface area contributed by atoms with Crippen molar-refractivity contribution in [3.8, 4) is 5.75 Å². The highest BCUT2D eigenvalue weighted by Crippen LogP contribution is 2.28. The molecule has 2 aromatic carbocycles. The maximum atomic E-state index is 13.2. The van der Waals surface area contributed by atoms with Crippen LogP contribution in [0.5, 0.6) is 5.75 Å². The summed E-state index contributed by atoms with van der Waals surface area (Å²) in [6.45, 7) is 1.57. The van der Waals surface area contributed by atoms with Crippen molar-refractivity contribution >= 4 is 5.78 Å². The second-order valence-electron chi connectivity index (χ2n) is 4.33. The molecule has 0 aromatic heterocycles. The normalized spacial score (nSPS) is 11.3. The Hall–Kier alpha value is -2.37. The minimum absolute atomic E-state index is 0.00627. The molecule has 2 aromatic rings. The third kappa shape index (κ3) is 3.59. The zero-order valence-corrected chi connectivity index (χ0v) is 10.9. The smallest absolute Gasteiger partial charge is 0.405 e. The van der Waals surface area contributed by atoms with E-state index in [0.29, 0.717) is 5.56 Å². The number of para-hydroxylation sites is 1. The van der Waals surface area contributed by atoms with Gasteiger partial charge in [-0.05, 0) is 36.8 Å². The Morgan fingerprint density at radius 3 is 2.38 bits per heavy atom. The van der Waals surface area contributed by atoms with Crippen LogP contribution in [-0.4, -0.2) is 12.1 Å². The molecule has 0 heterocycles. The number of alkyl halides is 3. The molecule has 0 saturated carbocycles. The Kier molecular flexibility index (Phi) is 3.97. The number of carbonyl (C=O) groups excluding carboxylic acids is 1. The molecule has 0 bridgehead atoms. The summed E-state index contributed by atoms with van der Waals surface area (Å²) in [5.41, 5.74) is 0.181. The van der Waals surface area contributed by atoms with Crippen LogP contribution in [0.1, 0.15) is 21.5 Å². The molecule has 0 aliphatic carbocycles. The summed E-state index contributed by atoms with van der Waals surface area (Å²) < 4.78 is 54.1. The Labute approximate surface area is 118 Å². The Bertz CT molecular complexity index is 678. The highest BCUT2D eigenvalue weighted by atomic mass is 19.4. The summed E-state index contributed by atoms with van der Waals surface area (Å²) >= 11 is 0. The summed E-state index contributed by atoms with van der Waals surface area (Å²) in [5, 5.41) is 0. The molecule has 21 heavy (non-hydrogen) atoms. The lowest BCUT2D eigenvalue weighted by Gasteiger charge is -2.13. The molecule has 0 amide bonds. The van der Waals surface area contributed by atoms with Gasteiger partial charge in [0.25, 0.3) is 0 Å². The maximum Gasteiger partial charge on any atom is 0.573 e. The average molecular weight is 298 g/mol. The van der Waals surface area contributed by atoms with Crippen LogP contribution in [0.15, 0.2) is 42.5 Å². The fraction of sp³-hybridized carbons (Fsp3) is 0.133. The van der Waals surface area contributed by atoms with Gasteiger partial charge in [-0.1, -0.05) is 18.2 Å². The van der Waals surface area contributed by atoms with Gasteiger partial charge >= 0.3 is 6.36 Å².